The van der Waals surface area contributed by atoms with Crippen molar-refractivity contribution >= 4 is 42.5 Å². The van der Waals surface area contributed by atoms with Crippen molar-refractivity contribution < 1.29 is 14.1 Å². The Morgan fingerprint density at radius 3 is 2.67 bits per heavy atom. The molecule has 1 unspecified atom stereocenters. The van der Waals surface area contributed by atoms with Crippen LogP contribution in [0.25, 0.3) is 0 Å². The Labute approximate surface area is 198 Å². The number of allylic oxidation sites excluding steroid dienone is 4. The Morgan fingerprint density at radius 1 is 1.15 bits per heavy atom. The molecule has 33 heavy (non-hydrogen) atoms. The van der Waals surface area contributed by atoms with E-state index < -0.39 is 8.07 Å². The van der Waals surface area contributed by atoms with Gasteiger partial charge in [-0.1, -0.05) is 13.8 Å². The highest BCUT2D eigenvalue weighted by atomic mass is 28.3. The molecule has 0 bridgehead atoms. The number of hydrogen-bond acceptors (Lipinski definition) is 4. The van der Waals surface area contributed by atoms with Crippen molar-refractivity contribution in [2.75, 3.05) is 37.7 Å². The number of rotatable bonds is 7. The minimum Gasteiger partial charge on any atom is -0.468 e. The number of benzene rings is 1. The summed E-state index contributed by atoms with van der Waals surface area (Å²) in [7, 11) is -2.16. The molecule has 5 rings (SSSR count). The summed E-state index contributed by atoms with van der Waals surface area (Å²) in [5.41, 5.74) is 5.51. The second-order valence-electron chi connectivity index (χ2n) is 10.1. The largest absolute Gasteiger partial charge is 0.468 e. The molecular weight excluding hydrogens is 426 g/mol. The second kappa shape index (κ2) is 9.41. The average molecular weight is 463 g/mol. The molecule has 3 heterocycles. The monoisotopic (exact) mass is 462 g/mol. The van der Waals surface area contributed by atoms with Crippen LogP contribution in [0.4, 0.5) is 11.4 Å². The predicted octanol–water partition coefficient (Wildman–Crippen LogP) is 4.28. The lowest BCUT2D eigenvalue weighted by Gasteiger charge is -2.43. The molecular formula is C27H36N3O2Si+. The van der Waals surface area contributed by atoms with E-state index in [1.165, 1.54) is 47.5 Å². The van der Waals surface area contributed by atoms with E-state index >= 15 is 0 Å². The molecule has 2 saturated heterocycles. The van der Waals surface area contributed by atoms with Crippen molar-refractivity contribution in [3.8, 4) is 0 Å². The normalized spacial score (nSPS) is 24.0. The van der Waals surface area contributed by atoms with Gasteiger partial charge in [0.2, 0.25) is 0 Å². The van der Waals surface area contributed by atoms with E-state index in [-0.39, 0.29) is 0 Å². The molecule has 0 N–H and O–H groups in total. The Kier molecular flexibility index (Phi) is 6.37. The number of nitrogens with zero attached hydrogens (tertiary/aromatic N) is 3. The molecule has 0 aromatic heterocycles. The minimum absolute atomic E-state index is 0.490. The zero-order valence-electron chi connectivity index (χ0n) is 20.1. The van der Waals surface area contributed by atoms with Crippen LogP contribution in [0.5, 0.6) is 0 Å². The van der Waals surface area contributed by atoms with E-state index in [0.717, 1.165) is 50.0 Å². The minimum atomic E-state index is -2.16. The standard InChI is InChI=1S/C27H36N3O2Si/c1-21(2)33(17-7-16-32-20-31)26-18-22(29-12-3-4-13-29)8-10-24(26)28-25-11-9-23(19-27(25)33)30-14-5-6-15-30/h8-11,18-21H,3-7,12-17H2,1-2H3/q+1. The highest BCUT2D eigenvalue weighted by molar-refractivity contribution is 7.03. The fraction of sp³-hybridized carbons (Fsp3) is 0.519. The molecule has 0 spiro atoms. The van der Waals surface area contributed by atoms with Gasteiger partial charge in [-0.25, -0.2) is 9.57 Å². The van der Waals surface area contributed by atoms with Crippen LogP contribution in [-0.4, -0.2) is 63.3 Å². The lowest BCUT2D eigenvalue weighted by atomic mass is 10.1. The topological polar surface area (TPSA) is 44.9 Å². The van der Waals surface area contributed by atoms with Crippen molar-refractivity contribution in [2.45, 2.75) is 57.5 Å². The van der Waals surface area contributed by atoms with Crippen LogP contribution < -0.4 is 10.1 Å². The maximum atomic E-state index is 10.8. The van der Waals surface area contributed by atoms with E-state index in [0.29, 0.717) is 18.6 Å². The van der Waals surface area contributed by atoms with Gasteiger partial charge in [0.05, 0.1) is 18.0 Å². The molecule has 1 aromatic carbocycles. The zero-order valence-corrected chi connectivity index (χ0v) is 21.1. The maximum absolute atomic E-state index is 10.8. The van der Waals surface area contributed by atoms with Crippen molar-refractivity contribution in [3.05, 3.63) is 41.6 Å². The van der Waals surface area contributed by atoms with Gasteiger partial charge in [0.25, 0.3) is 6.47 Å². The van der Waals surface area contributed by atoms with Gasteiger partial charge >= 0.3 is 0 Å². The number of hydrogen-bond donors (Lipinski definition) is 0. The van der Waals surface area contributed by atoms with E-state index in [4.69, 9.17) is 9.73 Å². The summed E-state index contributed by atoms with van der Waals surface area (Å²) >= 11 is 0. The summed E-state index contributed by atoms with van der Waals surface area (Å²) in [6.45, 7) is 10.5. The molecule has 2 fully saturated rings. The van der Waals surface area contributed by atoms with Crippen LogP contribution in [0.3, 0.4) is 0 Å². The van der Waals surface area contributed by atoms with Gasteiger partial charge in [-0.2, -0.15) is 0 Å². The molecule has 0 saturated carbocycles. The Balaban J connectivity index is 1.65. The van der Waals surface area contributed by atoms with Crippen LogP contribution in [0.15, 0.2) is 46.6 Å². The summed E-state index contributed by atoms with van der Waals surface area (Å²) in [6, 6.07) is 8.07. The number of fused-ring (bicyclic) bond motifs is 2. The third-order valence-corrected chi connectivity index (χ3v) is 13.8. The van der Waals surface area contributed by atoms with Gasteiger partial charge in [0, 0.05) is 43.8 Å². The third-order valence-electron chi connectivity index (χ3n) is 7.99. The molecule has 0 amide bonds. The van der Waals surface area contributed by atoms with E-state index in [1.54, 1.807) is 0 Å². The summed E-state index contributed by atoms with van der Waals surface area (Å²) in [6.07, 6.45) is 13.0. The Morgan fingerprint density at radius 2 is 1.94 bits per heavy atom. The molecule has 6 heteroatoms. The average Bonchev–Trinajstić information content (AvgIpc) is 3.55. The van der Waals surface area contributed by atoms with Crippen molar-refractivity contribution in [1.29, 1.82) is 0 Å². The van der Waals surface area contributed by atoms with Crippen molar-refractivity contribution in [2.24, 2.45) is 4.99 Å². The molecule has 1 atom stereocenters. The SMILES string of the molecule is CC(C)[Si]1(CCCOC=O)C2=CC(=[N+]3CCCC3)C=CC2=Nc2ccc(N3CCCC3)cc21. The molecule has 3 aliphatic heterocycles. The van der Waals surface area contributed by atoms with Crippen LogP contribution in [-0.2, 0) is 9.53 Å². The summed E-state index contributed by atoms with van der Waals surface area (Å²) in [5.74, 6) is 0. The summed E-state index contributed by atoms with van der Waals surface area (Å²) in [4.78, 5) is 18.5. The van der Waals surface area contributed by atoms with Gasteiger partial charge in [0.15, 0.2) is 5.71 Å². The van der Waals surface area contributed by atoms with Crippen LogP contribution in [0.1, 0.15) is 46.0 Å². The molecule has 1 aliphatic carbocycles. The van der Waals surface area contributed by atoms with E-state index in [1.807, 2.05) is 0 Å². The van der Waals surface area contributed by atoms with E-state index in [2.05, 4.69) is 59.8 Å². The predicted molar refractivity (Wildman–Crippen MR) is 138 cm³/mol. The molecule has 174 valence electrons. The first-order chi connectivity index (χ1) is 16.1. The highest BCUT2D eigenvalue weighted by Gasteiger charge is 2.48. The first-order valence-electron chi connectivity index (χ1n) is 12.7. The molecule has 0 radical (unpaired) electrons. The number of carbonyl (C=O) groups excluding carboxylic acids is 1. The maximum Gasteiger partial charge on any atom is 0.293 e. The van der Waals surface area contributed by atoms with Crippen LogP contribution in [0.2, 0.25) is 11.6 Å². The number of aliphatic imine (C=N–C) groups is 1. The lowest BCUT2D eigenvalue weighted by molar-refractivity contribution is -0.504. The molecule has 4 aliphatic rings. The van der Waals surface area contributed by atoms with E-state index in [9.17, 15) is 4.79 Å². The summed E-state index contributed by atoms with van der Waals surface area (Å²) in [5, 5.41) is 2.94. The molecule has 5 nitrogen and oxygen atoms in total. The van der Waals surface area contributed by atoms with Crippen molar-refractivity contribution in [3.63, 3.8) is 0 Å². The number of carbonyl (C=O) groups is 1. The summed E-state index contributed by atoms with van der Waals surface area (Å²) < 4.78 is 7.67. The van der Waals surface area contributed by atoms with Crippen molar-refractivity contribution in [1.82, 2.24) is 0 Å². The highest BCUT2D eigenvalue weighted by Crippen LogP contribution is 2.42. The van der Waals surface area contributed by atoms with Crippen LogP contribution in [0, 0.1) is 0 Å². The smallest absolute Gasteiger partial charge is 0.293 e. The van der Waals surface area contributed by atoms with Gasteiger partial charge in [0.1, 0.15) is 21.2 Å². The Hall–Kier alpha value is -2.47. The number of ether oxygens (including phenoxy) is 1. The third kappa shape index (κ3) is 4.03. The molecule has 1 aromatic rings. The fourth-order valence-electron chi connectivity index (χ4n) is 6.24. The number of anilines is 1. The Bertz CT molecular complexity index is 1040. The quantitative estimate of drug-likeness (QED) is 0.200. The lowest BCUT2D eigenvalue weighted by Crippen LogP contribution is -2.57. The van der Waals surface area contributed by atoms with Gasteiger partial charge in [-0.05, 0) is 65.5 Å². The van der Waals surface area contributed by atoms with Gasteiger partial charge in [-0.15, -0.1) is 0 Å². The van der Waals surface area contributed by atoms with Gasteiger partial charge < -0.3 is 9.64 Å². The fourth-order valence-corrected chi connectivity index (χ4v) is 11.6. The van der Waals surface area contributed by atoms with Crippen LogP contribution >= 0.6 is 0 Å². The van der Waals surface area contributed by atoms with Gasteiger partial charge in [-0.3, -0.25) is 4.79 Å². The second-order valence-corrected chi connectivity index (χ2v) is 14.8. The first kappa shape index (κ1) is 22.3. The zero-order chi connectivity index (χ0) is 22.8. The first-order valence-corrected chi connectivity index (χ1v) is 15.0.